The third-order valence-corrected chi connectivity index (χ3v) is 2.71. The van der Waals surface area contributed by atoms with Crippen molar-refractivity contribution in [1.29, 1.82) is 0 Å². The summed E-state index contributed by atoms with van der Waals surface area (Å²) in [6, 6.07) is 0. The van der Waals surface area contributed by atoms with E-state index in [1.165, 1.54) is 32.1 Å². The normalized spacial score (nSPS) is 31.1. The van der Waals surface area contributed by atoms with E-state index in [9.17, 15) is 0 Å². The van der Waals surface area contributed by atoms with Crippen LogP contribution >= 0.6 is 0 Å². The van der Waals surface area contributed by atoms with Gasteiger partial charge in [-0.1, -0.05) is 26.2 Å². The molecule has 0 bridgehead atoms. The Morgan fingerprint density at radius 3 is 2.73 bits per heavy atom. The van der Waals surface area contributed by atoms with Gasteiger partial charge in [0, 0.05) is 6.61 Å². The summed E-state index contributed by atoms with van der Waals surface area (Å²) < 4.78 is 5.50. The van der Waals surface area contributed by atoms with E-state index in [-0.39, 0.29) is 0 Å². The average Bonchev–Trinajstić information content (AvgIpc) is 2.37. The molecule has 1 heteroatoms. The molecule has 0 aromatic rings. The van der Waals surface area contributed by atoms with Gasteiger partial charge in [0.2, 0.25) is 0 Å². The molecule has 0 amide bonds. The van der Waals surface area contributed by atoms with Crippen LogP contribution < -0.4 is 0 Å². The molecule has 0 N–H and O–H groups in total. The van der Waals surface area contributed by atoms with Crippen LogP contribution in [0.1, 0.15) is 46.0 Å². The molecule has 0 radical (unpaired) electrons. The van der Waals surface area contributed by atoms with Crippen LogP contribution in [-0.2, 0) is 4.74 Å². The first-order valence-electron chi connectivity index (χ1n) is 4.96. The Kier molecular flexibility index (Phi) is 3.92. The zero-order valence-corrected chi connectivity index (χ0v) is 7.81. The molecule has 2 atom stereocenters. The molecule has 66 valence electrons. The second-order valence-corrected chi connectivity index (χ2v) is 3.62. The minimum absolute atomic E-state index is 0.534. The van der Waals surface area contributed by atoms with Gasteiger partial charge < -0.3 is 4.74 Å². The quantitative estimate of drug-likeness (QED) is 0.568. The van der Waals surface area contributed by atoms with Crippen LogP contribution in [0.5, 0.6) is 0 Å². The lowest BCUT2D eigenvalue weighted by Gasteiger charge is -2.12. The molecule has 11 heavy (non-hydrogen) atoms. The van der Waals surface area contributed by atoms with Crippen LogP contribution in [0, 0.1) is 5.92 Å². The van der Waals surface area contributed by atoms with E-state index in [2.05, 4.69) is 13.8 Å². The smallest absolute Gasteiger partial charge is 0.0575 e. The summed E-state index contributed by atoms with van der Waals surface area (Å²) in [6.45, 7) is 5.47. The van der Waals surface area contributed by atoms with E-state index >= 15 is 0 Å². The molecule has 1 nitrogen and oxygen atoms in total. The fourth-order valence-corrected chi connectivity index (χ4v) is 1.81. The van der Waals surface area contributed by atoms with Crippen LogP contribution in [0.25, 0.3) is 0 Å². The Morgan fingerprint density at radius 2 is 2.18 bits per heavy atom. The SMILES string of the molecule is CCCCCC1CCOC1C. The minimum atomic E-state index is 0.534. The number of unbranched alkanes of at least 4 members (excludes halogenated alkanes) is 2. The molecule has 0 saturated carbocycles. The van der Waals surface area contributed by atoms with Crippen LogP contribution in [0.3, 0.4) is 0 Å². The first kappa shape index (κ1) is 9.05. The molecular formula is C10H20O. The zero-order chi connectivity index (χ0) is 8.10. The van der Waals surface area contributed by atoms with Gasteiger partial charge in [0.25, 0.3) is 0 Å². The van der Waals surface area contributed by atoms with Crippen LogP contribution in [0.4, 0.5) is 0 Å². The van der Waals surface area contributed by atoms with Crippen molar-refractivity contribution in [2.75, 3.05) is 6.61 Å². The van der Waals surface area contributed by atoms with Crippen molar-refractivity contribution in [3.05, 3.63) is 0 Å². The van der Waals surface area contributed by atoms with Crippen molar-refractivity contribution in [2.45, 2.75) is 52.1 Å². The lowest BCUT2D eigenvalue weighted by Crippen LogP contribution is -2.10. The van der Waals surface area contributed by atoms with E-state index < -0.39 is 0 Å². The van der Waals surface area contributed by atoms with Gasteiger partial charge in [0.15, 0.2) is 0 Å². The highest BCUT2D eigenvalue weighted by molar-refractivity contribution is 4.71. The number of hydrogen-bond acceptors (Lipinski definition) is 1. The Hall–Kier alpha value is -0.0400. The van der Waals surface area contributed by atoms with Crippen LogP contribution in [-0.4, -0.2) is 12.7 Å². The summed E-state index contributed by atoms with van der Waals surface area (Å²) in [5.74, 6) is 0.863. The molecule has 1 aliphatic rings. The fourth-order valence-electron chi connectivity index (χ4n) is 1.81. The van der Waals surface area contributed by atoms with Gasteiger partial charge >= 0.3 is 0 Å². The first-order chi connectivity index (χ1) is 5.34. The predicted molar refractivity (Wildman–Crippen MR) is 47.7 cm³/mol. The topological polar surface area (TPSA) is 9.23 Å². The van der Waals surface area contributed by atoms with Crippen LogP contribution in [0.15, 0.2) is 0 Å². The Labute approximate surface area is 70.1 Å². The second-order valence-electron chi connectivity index (χ2n) is 3.62. The summed E-state index contributed by atoms with van der Waals surface area (Å²) in [5.41, 5.74) is 0. The Balaban J connectivity index is 2.05. The molecule has 0 aromatic heterocycles. The Morgan fingerprint density at radius 1 is 1.36 bits per heavy atom. The standard InChI is InChI=1S/C10H20O/c1-3-4-5-6-10-7-8-11-9(10)2/h9-10H,3-8H2,1-2H3. The van der Waals surface area contributed by atoms with Gasteiger partial charge in [0.05, 0.1) is 6.10 Å². The van der Waals surface area contributed by atoms with E-state index in [4.69, 9.17) is 4.74 Å². The number of rotatable bonds is 4. The molecule has 1 heterocycles. The van der Waals surface area contributed by atoms with Gasteiger partial charge in [-0.3, -0.25) is 0 Å². The minimum Gasteiger partial charge on any atom is -0.378 e. The zero-order valence-electron chi connectivity index (χ0n) is 7.81. The van der Waals surface area contributed by atoms with E-state index in [1.807, 2.05) is 0 Å². The summed E-state index contributed by atoms with van der Waals surface area (Å²) >= 11 is 0. The predicted octanol–water partition coefficient (Wildman–Crippen LogP) is 2.99. The van der Waals surface area contributed by atoms with Crippen molar-refractivity contribution in [1.82, 2.24) is 0 Å². The van der Waals surface area contributed by atoms with E-state index in [0.29, 0.717) is 6.10 Å². The maximum atomic E-state index is 5.50. The maximum absolute atomic E-state index is 5.50. The van der Waals surface area contributed by atoms with Gasteiger partial charge in [-0.15, -0.1) is 0 Å². The summed E-state index contributed by atoms with van der Waals surface area (Å²) in [5, 5.41) is 0. The molecular weight excluding hydrogens is 136 g/mol. The Bertz CT molecular complexity index is 101. The molecule has 2 unspecified atom stereocenters. The highest BCUT2D eigenvalue weighted by Gasteiger charge is 2.22. The molecule has 0 aromatic carbocycles. The molecule has 0 spiro atoms. The van der Waals surface area contributed by atoms with E-state index in [1.54, 1.807) is 0 Å². The third-order valence-electron chi connectivity index (χ3n) is 2.71. The molecule has 1 aliphatic heterocycles. The van der Waals surface area contributed by atoms with Gasteiger partial charge in [-0.25, -0.2) is 0 Å². The van der Waals surface area contributed by atoms with Crippen molar-refractivity contribution >= 4 is 0 Å². The molecule has 1 saturated heterocycles. The largest absolute Gasteiger partial charge is 0.378 e. The highest BCUT2D eigenvalue weighted by Crippen LogP contribution is 2.25. The fraction of sp³-hybridized carbons (Fsp3) is 1.00. The van der Waals surface area contributed by atoms with E-state index in [0.717, 1.165) is 12.5 Å². The lowest BCUT2D eigenvalue weighted by atomic mass is 9.96. The monoisotopic (exact) mass is 156 g/mol. The van der Waals surface area contributed by atoms with Crippen molar-refractivity contribution in [2.24, 2.45) is 5.92 Å². The van der Waals surface area contributed by atoms with Crippen molar-refractivity contribution < 1.29 is 4.74 Å². The average molecular weight is 156 g/mol. The maximum Gasteiger partial charge on any atom is 0.0575 e. The summed E-state index contributed by atoms with van der Waals surface area (Å²) in [6.07, 6.45) is 7.34. The highest BCUT2D eigenvalue weighted by atomic mass is 16.5. The summed E-state index contributed by atoms with van der Waals surface area (Å²) in [7, 11) is 0. The number of hydrogen-bond donors (Lipinski definition) is 0. The van der Waals surface area contributed by atoms with Gasteiger partial charge in [-0.05, 0) is 25.7 Å². The molecule has 1 fully saturated rings. The molecule has 1 rings (SSSR count). The first-order valence-corrected chi connectivity index (χ1v) is 4.96. The second kappa shape index (κ2) is 4.76. The number of ether oxygens (including phenoxy) is 1. The van der Waals surface area contributed by atoms with Crippen molar-refractivity contribution in [3.63, 3.8) is 0 Å². The lowest BCUT2D eigenvalue weighted by molar-refractivity contribution is 0.103. The van der Waals surface area contributed by atoms with Gasteiger partial charge in [-0.2, -0.15) is 0 Å². The van der Waals surface area contributed by atoms with Crippen LogP contribution in [0.2, 0.25) is 0 Å². The van der Waals surface area contributed by atoms with Gasteiger partial charge in [0.1, 0.15) is 0 Å². The molecule has 0 aliphatic carbocycles. The van der Waals surface area contributed by atoms with Crippen molar-refractivity contribution in [3.8, 4) is 0 Å². The summed E-state index contributed by atoms with van der Waals surface area (Å²) in [4.78, 5) is 0. The third kappa shape index (κ3) is 2.82.